The molecule has 2 fully saturated rings. The number of piperidine rings is 1. The second-order valence-corrected chi connectivity index (χ2v) is 14.8. The molecule has 0 aromatic heterocycles. The minimum Gasteiger partial charge on any atom is -0.351 e. The van der Waals surface area contributed by atoms with Crippen LogP contribution in [0.5, 0.6) is 0 Å². The summed E-state index contributed by atoms with van der Waals surface area (Å²) in [5.41, 5.74) is 3.16. The summed E-state index contributed by atoms with van der Waals surface area (Å²) in [5, 5.41) is 3.89. The minimum atomic E-state index is -0.612. The third-order valence-corrected chi connectivity index (χ3v) is 10.6. The number of benzene rings is 2. The zero-order valence-electron chi connectivity index (χ0n) is 25.9. The van der Waals surface area contributed by atoms with E-state index >= 15 is 0 Å². The van der Waals surface area contributed by atoms with E-state index in [1.807, 2.05) is 11.8 Å². The van der Waals surface area contributed by atoms with Gasteiger partial charge in [-0.15, -0.1) is 0 Å². The van der Waals surface area contributed by atoms with Crippen LogP contribution >= 0.6 is 11.6 Å². The molecule has 8 heteroatoms. The van der Waals surface area contributed by atoms with Crippen LogP contribution in [0.4, 0.5) is 8.78 Å². The van der Waals surface area contributed by atoms with Crippen molar-refractivity contribution in [2.75, 3.05) is 26.2 Å². The number of halogens is 3. The summed E-state index contributed by atoms with van der Waals surface area (Å²) in [6.07, 6.45) is 2.50. The van der Waals surface area contributed by atoms with Crippen LogP contribution in [-0.2, 0) is 15.0 Å². The Balaban J connectivity index is 1.40. The van der Waals surface area contributed by atoms with Gasteiger partial charge in [0.15, 0.2) is 0 Å². The van der Waals surface area contributed by atoms with Gasteiger partial charge < -0.3 is 10.2 Å². The Labute approximate surface area is 254 Å². The Morgan fingerprint density at radius 3 is 2.26 bits per heavy atom. The van der Waals surface area contributed by atoms with Crippen LogP contribution in [0.2, 0.25) is 5.02 Å². The van der Waals surface area contributed by atoms with E-state index in [1.54, 1.807) is 6.92 Å². The number of fused-ring (bicyclic) bond motifs is 2. The topological polar surface area (TPSA) is 52.7 Å². The summed E-state index contributed by atoms with van der Waals surface area (Å²) in [7, 11) is 0. The van der Waals surface area contributed by atoms with E-state index in [1.165, 1.54) is 23.3 Å². The highest BCUT2D eigenvalue weighted by atomic mass is 35.5. The molecule has 3 atom stereocenters. The molecule has 2 heterocycles. The smallest absolute Gasteiger partial charge is 0.227 e. The molecule has 1 aliphatic carbocycles. The summed E-state index contributed by atoms with van der Waals surface area (Å²) in [6.45, 7) is 16.3. The quantitative estimate of drug-likeness (QED) is 0.425. The number of hydrogen-bond donors (Lipinski definition) is 1. The number of rotatable bonds is 4. The molecule has 2 aromatic carbocycles. The van der Waals surface area contributed by atoms with Gasteiger partial charge in [0.2, 0.25) is 11.8 Å². The number of hydrogen-bond acceptors (Lipinski definition) is 3. The van der Waals surface area contributed by atoms with Gasteiger partial charge in [0.25, 0.3) is 0 Å². The molecule has 0 radical (unpaired) electrons. The van der Waals surface area contributed by atoms with Crippen molar-refractivity contribution in [1.29, 1.82) is 0 Å². The van der Waals surface area contributed by atoms with E-state index in [9.17, 15) is 18.4 Å². The fourth-order valence-electron chi connectivity index (χ4n) is 7.82. The Kier molecular flexibility index (Phi) is 8.02. The minimum absolute atomic E-state index is 0.0472. The number of carbonyl (C=O) groups is 2. The first-order valence-corrected chi connectivity index (χ1v) is 15.5. The highest BCUT2D eigenvalue weighted by Gasteiger charge is 2.52. The molecular formula is C34H44ClF2N3O2. The molecule has 2 saturated heterocycles. The summed E-state index contributed by atoms with van der Waals surface area (Å²) < 4.78 is 28.8. The van der Waals surface area contributed by atoms with Gasteiger partial charge in [0.1, 0.15) is 11.6 Å². The Hall–Kier alpha value is -2.51. The second-order valence-electron chi connectivity index (χ2n) is 14.4. The molecule has 1 N–H and O–H groups in total. The van der Waals surface area contributed by atoms with Crippen LogP contribution in [0.15, 0.2) is 30.3 Å². The molecule has 2 aliphatic heterocycles. The average molecular weight is 600 g/mol. The highest BCUT2D eigenvalue weighted by molar-refractivity contribution is 6.31. The van der Waals surface area contributed by atoms with Crippen molar-refractivity contribution in [3.63, 3.8) is 0 Å². The number of carbonyl (C=O) groups excluding carboxylic acids is 2. The lowest BCUT2D eigenvalue weighted by atomic mass is 9.71. The highest BCUT2D eigenvalue weighted by Crippen LogP contribution is 2.56. The molecule has 228 valence electrons. The number of likely N-dealkylation sites (tertiary alicyclic amines) is 2. The summed E-state index contributed by atoms with van der Waals surface area (Å²) in [4.78, 5) is 30.5. The number of aryl methyl sites for hydroxylation is 1. The van der Waals surface area contributed by atoms with Crippen molar-refractivity contribution in [1.82, 2.24) is 15.1 Å². The SMILES string of the molecule is CC(=O)NC(C)(C)[C@H]1CC2(CCN(C(=O)[C@@H]3CN(C(C)(C)C)C[C@H]3c3ccc(F)cc3F)CC2)c2cc(C)c(Cl)cc21. The van der Waals surface area contributed by atoms with Gasteiger partial charge in [-0.3, -0.25) is 14.5 Å². The molecule has 2 amide bonds. The lowest BCUT2D eigenvalue weighted by Gasteiger charge is -2.42. The summed E-state index contributed by atoms with van der Waals surface area (Å²) >= 11 is 6.61. The molecule has 5 nitrogen and oxygen atoms in total. The predicted molar refractivity (Wildman–Crippen MR) is 163 cm³/mol. The second kappa shape index (κ2) is 10.9. The van der Waals surface area contributed by atoms with Crippen LogP contribution in [0.1, 0.15) is 94.9 Å². The van der Waals surface area contributed by atoms with Crippen LogP contribution in [-0.4, -0.2) is 58.9 Å². The Bertz CT molecular complexity index is 1390. The zero-order valence-corrected chi connectivity index (χ0v) is 26.7. The van der Waals surface area contributed by atoms with Crippen molar-refractivity contribution in [3.8, 4) is 0 Å². The van der Waals surface area contributed by atoms with Gasteiger partial charge in [-0.05, 0) is 101 Å². The third kappa shape index (κ3) is 5.59. The van der Waals surface area contributed by atoms with Gasteiger partial charge >= 0.3 is 0 Å². The number of nitrogens with zero attached hydrogens (tertiary/aromatic N) is 2. The van der Waals surface area contributed by atoms with Crippen molar-refractivity contribution < 1.29 is 18.4 Å². The fourth-order valence-corrected chi connectivity index (χ4v) is 7.99. The maximum atomic E-state index is 15.0. The van der Waals surface area contributed by atoms with Crippen molar-refractivity contribution in [2.45, 2.75) is 96.1 Å². The van der Waals surface area contributed by atoms with Gasteiger partial charge in [-0.1, -0.05) is 23.7 Å². The van der Waals surface area contributed by atoms with Gasteiger partial charge in [0, 0.05) is 67.1 Å². The van der Waals surface area contributed by atoms with Crippen molar-refractivity contribution in [2.24, 2.45) is 5.92 Å². The van der Waals surface area contributed by atoms with E-state index in [2.05, 4.69) is 57.0 Å². The molecule has 3 aliphatic rings. The van der Waals surface area contributed by atoms with Crippen LogP contribution in [0.25, 0.3) is 0 Å². The number of amides is 2. The van der Waals surface area contributed by atoms with Crippen molar-refractivity contribution in [3.05, 3.63) is 69.2 Å². The lowest BCUT2D eigenvalue weighted by molar-refractivity contribution is -0.137. The number of nitrogens with one attached hydrogen (secondary N) is 1. The predicted octanol–water partition coefficient (Wildman–Crippen LogP) is 6.70. The van der Waals surface area contributed by atoms with E-state index in [4.69, 9.17) is 11.6 Å². The van der Waals surface area contributed by atoms with Crippen LogP contribution < -0.4 is 5.32 Å². The maximum absolute atomic E-state index is 15.0. The monoisotopic (exact) mass is 599 g/mol. The van der Waals surface area contributed by atoms with E-state index in [-0.39, 0.29) is 34.6 Å². The summed E-state index contributed by atoms with van der Waals surface area (Å²) in [6, 6.07) is 8.01. The Morgan fingerprint density at radius 1 is 1.00 bits per heavy atom. The molecular weight excluding hydrogens is 556 g/mol. The van der Waals surface area contributed by atoms with Gasteiger partial charge in [0.05, 0.1) is 5.92 Å². The van der Waals surface area contributed by atoms with Gasteiger partial charge in [-0.2, -0.15) is 0 Å². The van der Waals surface area contributed by atoms with Gasteiger partial charge in [-0.25, -0.2) is 8.78 Å². The van der Waals surface area contributed by atoms with Crippen molar-refractivity contribution >= 4 is 23.4 Å². The molecule has 42 heavy (non-hydrogen) atoms. The lowest BCUT2D eigenvalue weighted by Crippen LogP contribution is -2.49. The normalized spacial score (nSPS) is 24.2. The fraction of sp³-hybridized carbons (Fsp3) is 0.588. The molecule has 0 bridgehead atoms. The molecule has 1 spiro atoms. The largest absolute Gasteiger partial charge is 0.351 e. The maximum Gasteiger partial charge on any atom is 0.227 e. The van der Waals surface area contributed by atoms with E-state index < -0.39 is 23.1 Å². The molecule has 0 unspecified atom stereocenters. The third-order valence-electron chi connectivity index (χ3n) is 10.2. The van der Waals surface area contributed by atoms with Crippen LogP contribution in [0.3, 0.4) is 0 Å². The molecule has 2 aromatic rings. The van der Waals surface area contributed by atoms with E-state index in [0.29, 0.717) is 31.7 Å². The zero-order chi connectivity index (χ0) is 30.8. The molecule has 0 saturated carbocycles. The summed E-state index contributed by atoms with van der Waals surface area (Å²) in [5.74, 6) is -1.86. The average Bonchev–Trinajstić information content (AvgIpc) is 3.45. The Morgan fingerprint density at radius 2 is 1.67 bits per heavy atom. The first-order valence-electron chi connectivity index (χ1n) is 15.1. The van der Waals surface area contributed by atoms with E-state index in [0.717, 1.165) is 35.9 Å². The molecule has 5 rings (SSSR count). The standard InChI is InChI=1S/C34H44ClF2N3O2/c1-20-14-27-24(16-29(20)35)28(33(6,7)38-21(2)41)17-34(27)10-12-39(13-11-34)31(42)26-19-40(32(3,4)5)18-25(26)23-9-8-22(36)15-30(23)37/h8-9,14-16,25-26,28H,10-13,17-19H2,1-7H3,(H,38,41)/t25-,26+,28-/m0/s1. The first kappa shape index (κ1) is 30.9. The first-order chi connectivity index (χ1) is 19.5. The van der Waals surface area contributed by atoms with Crippen LogP contribution in [0, 0.1) is 24.5 Å².